The molecule has 0 spiro atoms. The van der Waals surface area contributed by atoms with E-state index in [0.29, 0.717) is 6.54 Å². The number of unbranched alkanes of at least 4 members (excludes halogenated alkanes) is 3. The van der Waals surface area contributed by atoms with Crippen molar-refractivity contribution in [1.29, 1.82) is 0 Å². The van der Waals surface area contributed by atoms with Crippen LogP contribution < -0.4 is 11.1 Å². The average molecular weight is 230 g/mol. The number of hydrogen-bond donors (Lipinski definition) is 3. The highest BCUT2D eigenvalue weighted by molar-refractivity contribution is 5.82. The molecular weight excluding hydrogens is 208 g/mol. The van der Waals surface area contributed by atoms with Gasteiger partial charge >= 0.3 is 5.97 Å². The van der Waals surface area contributed by atoms with E-state index in [2.05, 4.69) is 12.2 Å². The van der Waals surface area contributed by atoms with Crippen LogP contribution in [0.4, 0.5) is 0 Å². The van der Waals surface area contributed by atoms with Gasteiger partial charge in [0.2, 0.25) is 5.91 Å². The fraction of sp³-hybridized carbons (Fsp3) is 0.818. The fourth-order valence-electron chi connectivity index (χ4n) is 1.30. The van der Waals surface area contributed by atoms with Crippen molar-refractivity contribution in [2.75, 3.05) is 6.54 Å². The molecule has 0 bridgehead atoms. The van der Waals surface area contributed by atoms with Gasteiger partial charge in [-0.25, -0.2) is 0 Å². The number of carboxylic acids is 1. The molecular formula is C11H22N2O3. The van der Waals surface area contributed by atoms with E-state index in [4.69, 9.17) is 10.8 Å². The second-order valence-electron chi connectivity index (χ2n) is 3.89. The Morgan fingerprint density at radius 2 is 2.00 bits per heavy atom. The Bertz CT molecular complexity index is 219. The molecule has 16 heavy (non-hydrogen) atoms. The molecule has 0 rings (SSSR count). The Morgan fingerprint density at radius 1 is 1.31 bits per heavy atom. The summed E-state index contributed by atoms with van der Waals surface area (Å²) in [6.45, 7) is 2.75. The number of carboxylic acid groups (broad SMARTS) is 1. The van der Waals surface area contributed by atoms with Gasteiger partial charge in [0, 0.05) is 13.0 Å². The third kappa shape index (κ3) is 8.23. The molecule has 0 aliphatic carbocycles. The van der Waals surface area contributed by atoms with E-state index in [-0.39, 0.29) is 18.7 Å². The van der Waals surface area contributed by atoms with Crippen molar-refractivity contribution >= 4 is 11.9 Å². The van der Waals surface area contributed by atoms with E-state index in [1.54, 1.807) is 0 Å². The number of carbonyl (C=O) groups is 2. The maximum absolute atomic E-state index is 11.4. The van der Waals surface area contributed by atoms with Gasteiger partial charge in [-0.3, -0.25) is 9.59 Å². The van der Waals surface area contributed by atoms with Crippen molar-refractivity contribution in [2.24, 2.45) is 5.73 Å². The summed E-state index contributed by atoms with van der Waals surface area (Å²) in [6.07, 6.45) is 4.50. The van der Waals surface area contributed by atoms with E-state index >= 15 is 0 Å². The van der Waals surface area contributed by atoms with Crippen LogP contribution in [0.5, 0.6) is 0 Å². The zero-order chi connectivity index (χ0) is 12.4. The zero-order valence-electron chi connectivity index (χ0n) is 9.87. The minimum atomic E-state index is -0.925. The van der Waals surface area contributed by atoms with Crippen molar-refractivity contribution in [3.63, 3.8) is 0 Å². The molecule has 1 amide bonds. The largest absolute Gasteiger partial charge is 0.481 e. The lowest BCUT2D eigenvalue weighted by Gasteiger charge is -2.10. The third-order valence-corrected chi connectivity index (χ3v) is 2.34. The van der Waals surface area contributed by atoms with E-state index < -0.39 is 12.0 Å². The minimum Gasteiger partial charge on any atom is -0.481 e. The zero-order valence-corrected chi connectivity index (χ0v) is 9.87. The summed E-state index contributed by atoms with van der Waals surface area (Å²) in [4.78, 5) is 21.6. The van der Waals surface area contributed by atoms with Crippen molar-refractivity contribution in [3.8, 4) is 0 Å². The van der Waals surface area contributed by atoms with Crippen molar-refractivity contribution < 1.29 is 14.7 Å². The molecule has 0 aromatic carbocycles. The highest BCUT2D eigenvalue weighted by Crippen LogP contribution is 1.98. The van der Waals surface area contributed by atoms with Gasteiger partial charge in [0.15, 0.2) is 0 Å². The second-order valence-corrected chi connectivity index (χ2v) is 3.89. The average Bonchev–Trinajstić information content (AvgIpc) is 2.25. The number of carbonyl (C=O) groups excluding carboxylic acids is 1. The maximum Gasteiger partial charge on any atom is 0.303 e. The van der Waals surface area contributed by atoms with Gasteiger partial charge in [-0.05, 0) is 12.8 Å². The molecule has 0 unspecified atom stereocenters. The Hall–Kier alpha value is -1.10. The molecule has 0 saturated carbocycles. The summed E-state index contributed by atoms with van der Waals surface area (Å²) in [5, 5.41) is 11.1. The monoisotopic (exact) mass is 230 g/mol. The van der Waals surface area contributed by atoms with Crippen LogP contribution in [0, 0.1) is 0 Å². The van der Waals surface area contributed by atoms with Crippen LogP contribution in [0.1, 0.15) is 45.4 Å². The van der Waals surface area contributed by atoms with E-state index in [9.17, 15) is 9.59 Å². The number of hydrogen-bond acceptors (Lipinski definition) is 3. The molecule has 4 N–H and O–H groups in total. The van der Waals surface area contributed by atoms with Gasteiger partial charge in [0.25, 0.3) is 0 Å². The molecule has 5 heteroatoms. The molecule has 5 nitrogen and oxygen atoms in total. The maximum atomic E-state index is 11.4. The lowest BCUT2D eigenvalue weighted by molar-refractivity contribution is -0.137. The van der Waals surface area contributed by atoms with Crippen LogP contribution in [0.3, 0.4) is 0 Å². The van der Waals surface area contributed by atoms with Gasteiger partial charge in [-0.1, -0.05) is 26.2 Å². The number of nitrogens with one attached hydrogen (secondary N) is 1. The van der Waals surface area contributed by atoms with Crippen molar-refractivity contribution in [2.45, 2.75) is 51.5 Å². The van der Waals surface area contributed by atoms with Crippen LogP contribution >= 0.6 is 0 Å². The topological polar surface area (TPSA) is 92.4 Å². The normalized spacial score (nSPS) is 12.1. The van der Waals surface area contributed by atoms with E-state index in [1.165, 1.54) is 6.42 Å². The van der Waals surface area contributed by atoms with Gasteiger partial charge in [0.1, 0.15) is 0 Å². The van der Waals surface area contributed by atoms with Gasteiger partial charge in [-0.15, -0.1) is 0 Å². The molecule has 0 fully saturated rings. The molecule has 0 saturated heterocycles. The SMILES string of the molecule is CCCCCCNC(=O)[C@H](N)CCC(=O)O. The smallest absolute Gasteiger partial charge is 0.303 e. The highest BCUT2D eigenvalue weighted by Gasteiger charge is 2.13. The molecule has 0 aromatic heterocycles. The van der Waals surface area contributed by atoms with Crippen LogP contribution in [0.25, 0.3) is 0 Å². The molecule has 0 aromatic rings. The second kappa shape index (κ2) is 9.15. The van der Waals surface area contributed by atoms with Crippen LogP contribution in [0.15, 0.2) is 0 Å². The summed E-state index contributed by atoms with van der Waals surface area (Å²) < 4.78 is 0. The Balaban J connectivity index is 3.51. The predicted octanol–water partition coefficient (Wildman–Crippen LogP) is 0.875. The number of nitrogens with two attached hydrogens (primary N) is 1. The van der Waals surface area contributed by atoms with E-state index in [1.807, 2.05) is 0 Å². The third-order valence-electron chi connectivity index (χ3n) is 2.34. The van der Waals surface area contributed by atoms with Crippen LogP contribution in [-0.2, 0) is 9.59 Å². The van der Waals surface area contributed by atoms with Crippen molar-refractivity contribution in [1.82, 2.24) is 5.32 Å². The standard InChI is InChI=1S/C11H22N2O3/c1-2-3-4-5-8-13-11(16)9(12)6-7-10(14)15/h9H,2-8,12H2,1H3,(H,13,16)(H,14,15)/t9-/m1/s1. The molecule has 0 radical (unpaired) electrons. The first-order valence-corrected chi connectivity index (χ1v) is 5.83. The number of rotatable bonds is 9. The highest BCUT2D eigenvalue weighted by atomic mass is 16.4. The predicted molar refractivity (Wildman–Crippen MR) is 62.0 cm³/mol. The molecule has 94 valence electrons. The first kappa shape index (κ1) is 14.9. The fourth-order valence-corrected chi connectivity index (χ4v) is 1.30. The Kier molecular flexibility index (Phi) is 8.52. The quantitative estimate of drug-likeness (QED) is 0.512. The number of amides is 1. The summed E-state index contributed by atoms with van der Waals surface area (Å²) in [5.74, 6) is -1.18. The molecule has 0 aliphatic rings. The first-order chi connectivity index (χ1) is 7.57. The van der Waals surface area contributed by atoms with E-state index in [0.717, 1.165) is 19.3 Å². The molecule has 0 aliphatic heterocycles. The Labute approximate surface area is 96.4 Å². The van der Waals surface area contributed by atoms with Crippen LogP contribution in [-0.4, -0.2) is 29.6 Å². The number of aliphatic carboxylic acids is 1. The summed E-state index contributed by atoms with van der Waals surface area (Å²) in [6, 6.07) is -0.706. The lowest BCUT2D eigenvalue weighted by atomic mass is 10.1. The summed E-state index contributed by atoms with van der Waals surface area (Å²) in [5.41, 5.74) is 5.53. The van der Waals surface area contributed by atoms with Gasteiger partial charge in [-0.2, -0.15) is 0 Å². The van der Waals surface area contributed by atoms with Crippen molar-refractivity contribution in [3.05, 3.63) is 0 Å². The lowest BCUT2D eigenvalue weighted by Crippen LogP contribution is -2.41. The van der Waals surface area contributed by atoms with Crippen LogP contribution in [0.2, 0.25) is 0 Å². The van der Waals surface area contributed by atoms with Gasteiger partial charge < -0.3 is 16.2 Å². The minimum absolute atomic E-state index is 0.0651. The summed E-state index contributed by atoms with van der Waals surface area (Å²) in [7, 11) is 0. The first-order valence-electron chi connectivity index (χ1n) is 5.83. The Morgan fingerprint density at radius 3 is 2.56 bits per heavy atom. The molecule has 0 heterocycles. The van der Waals surface area contributed by atoms with Gasteiger partial charge in [0.05, 0.1) is 6.04 Å². The summed E-state index contributed by atoms with van der Waals surface area (Å²) >= 11 is 0. The molecule has 1 atom stereocenters.